The summed E-state index contributed by atoms with van der Waals surface area (Å²) in [4.78, 5) is 9.03. The van der Waals surface area contributed by atoms with E-state index in [9.17, 15) is 4.39 Å². The normalized spacial score (nSPS) is 17.9. The zero-order chi connectivity index (χ0) is 13.7. The molecule has 3 heterocycles. The van der Waals surface area contributed by atoms with E-state index in [1.165, 1.54) is 11.8 Å². The van der Waals surface area contributed by atoms with Crippen molar-refractivity contribution in [2.24, 2.45) is 4.99 Å². The molecule has 1 aromatic carbocycles. The summed E-state index contributed by atoms with van der Waals surface area (Å²) in [5, 5.41) is 2.01. The van der Waals surface area contributed by atoms with E-state index in [1.54, 1.807) is 29.2 Å². The Balaban J connectivity index is 1.88. The van der Waals surface area contributed by atoms with Gasteiger partial charge in [0.25, 0.3) is 0 Å². The first-order valence-electron chi connectivity index (χ1n) is 6.32. The van der Waals surface area contributed by atoms with Gasteiger partial charge >= 0.3 is 0 Å². The van der Waals surface area contributed by atoms with Gasteiger partial charge in [-0.1, -0.05) is 12.7 Å². The average molecular weight is 302 g/mol. The second-order valence-corrected chi connectivity index (χ2v) is 6.72. The van der Waals surface area contributed by atoms with Gasteiger partial charge in [-0.25, -0.2) is 4.39 Å². The summed E-state index contributed by atoms with van der Waals surface area (Å²) in [5.74, 6) is -0.191. The quantitative estimate of drug-likeness (QED) is 0.821. The summed E-state index contributed by atoms with van der Waals surface area (Å²) in [6.07, 6.45) is 1.88. The molecule has 0 N–H and O–H groups in total. The van der Waals surface area contributed by atoms with Crippen LogP contribution < -0.4 is 0 Å². The van der Waals surface area contributed by atoms with Crippen LogP contribution in [-0.4, -0.2) is 23.2 Å². The van der Waals surface area contributed by atoms with Gasteiger partial charge in [-0.2, -0.15) is 0 Å². The number of halogens is 1. The van der Waals surface area contributed by atoms with Gasteiger partial charge in [0.05, 0.1) is 17.1 Å². The number of fused-ring (bicyclic) bond motifs is 2. The molecule has 0 fully saturated rings. The third kappa shape index (κ3) is 1.73. The van der Waals surface area contributed by atoms with Crippen molar-refractivity contribution in [3.63, 3.8) is 0 Å². The molecule has 20 heavy (non-hydrogen) atoms. The summed E-state index contributed by atoms with van der Waals surface area (Å²) < 4.78 is 14.4. The van der Waals surface area contributed by atoms with Crippen LogP contribution >= 0.6 is 23.1 Å². The number of hydrogen-bond acceptors (Lipinski definition) is 4. The molecule has 2 nitrogen and oxygen atoms in total. The molecule has 0 atom stereocenters. The molecule has 0 unspecified atom stereocenters. The summed E-state index contributed by atoms with van der Waals surface area (Å²) in [5.41, 5.74) is 1.17. The number of rotatable bonds is 2. The molecular formula is C15H11FN2S2. The van der Waals surface area contributed by atoms with Crippen LogP contribution in [-0.2, 0) is 0 Å². The first kappa shape index (κ1) is 12.2. The Morgan fingerprint density at radius 1 is 1.35 bits per heavy atom. The lowest BCUT2D eigenvalue weighted by Crippen LogP contribution is -2.19. The Morgan fingerprint density at radius 3 is 3.10 bits per heavy atom. The average Bonchev–Trinajstić information content (AvgIpc) is 3.09. The number of hydrogen-bond donors (Lipinski definition) is 0. The molecule has 4 rings (SSSR count). The highest BCUT2D eigenvalue weighted by atomic mass is 32.2. The summed E-state index contributed by atoms with van der Waals surface area (Å²) in [6.45, 7) is 5.66. The molecule has 2 aromatic rings. The van der Waals surface area contributed by atoms with Gasteiger partial charge in [0.1, 0.15) is 5.82 Å². The highest BCUT2D eigenvalue weighted by molar-refractivity contribution is 8.17. The van der Waals surface area contributed by atoms with Gasteiger partial charge in [0.2, 0.25) is 0 Å². The largest absolute Gasteiger partial charge is 0.317 e. The van der Waals surface area contributed by atoms with Crippen LogP contribution in [0.3, 0.4) is 0 Å². The third-order valence-corrected chi connectivity index (χ3v) is 5.64. The Morgan fingerprint density at radius 2 is 2.25 bits per heavy atom. The van der Waals surface area contributed by atoms with Crippen molar-refractivity contribution in [1.82, 2.24) is 4.90 Å². The number of nitrogens with zero attached hydrogens (tertiary/aromatic N) is 2. The lowest BCUT2D eigenvalue weighted by Gasteiger charge is -2.15. The molecule has 100 valence electrons. The smallest absolute Gasteiger partial charge is 0.168 e. The third-order valence-electron chi connectivity index (χ3n) is 3.40. The van der Waals surface area contributed by atoms with E-state index in [2.05, 4.69) is 22.5 Å². The minimum atomic E-state index is -0.191. The van der Waals surface area contributed by atoms with Crippen molar-refractivity contribution in [3.8, 4) is 0 Å². The molecule has 5 heteroatoms. The zero-order valence-electron chi connectivity index (χ0n) is 10.6. The van der Waals surface area contributed by atoms with Crippen LogP contribution in [0.1, 0.15) is 4.88 Å². The fourth-order valence-electron chi connectivity index (χ4n) is 2.52. The van der Waals surface area contributed by atoms with Crippen molar-refractivity contribution in [2.75, 3.05) is 13.1 Å². The van der Waals surface area contributed by atoms with Crippen molar-refractivity contribution in [2.45, 2.75) is 0 Å². The maximum absolute atomic E-state index is 13.3. The summed E-state index contributed by atoms with van der Waals surface area (Å²) in [6, 6.07) is 7.00. The molecule has 0 aliphatic carbocycles. The molecule has 1 aromatic heterocycles. The van der Waals surface area contributed by atoms with Gasteiger partial charge in [0.15, 0.2) is 5.17 Å². The molecule has 0 amide bonds. The number of thioether (sulfide) groups is 1. The standard InChI is InChI=1S/C15H11FN2S2/c1-2-11-14(18-6-5-17-15(18)20-11)13-8-9-7-10(16)3-4-12(9)19-13/h2-4,7-8H,1,5-6H2. The van der Waals surface area contributed by atoms with Gasteiger partial charge < -0.3 is 4.90 Å². The van der Waals surface area contributed by atoms with Gasteiger partial charge in [-0.05, 0) is 41.4 Å². The summed E-state index contributed by atoms with van der Waals surface area (Å²) in [7, 11) is 0. The van der Waals surface area contributed by atoms with E-state index in [1.807, 2.05) is 12.1 Å². The number of allylic oxidation sites excluding steroid dienone is 1. The van der Waals surface area contributed by atoms with E-state index >= 15 is 0 Å². The van der Waals surface area contributed by atoms with Crippen molar-refractivity contribution >= 4 is 44.0 Å². The van der Waals surface area contributed by atoms with E-state index in [4.69, 9.17) is 0 Å². The SMILES string of the molecule is C=CC1=C(c2cc3cc(F)ccc3s2)N2CCN=C2S1. The van der Waals surface area contributed by atoms with E-state index < -0.39 is 0 Å². The second kappa shape index (κ2) is 4.46. The minimum absolute atomic E-state index is 0.191. The van der Waals surface area contributed by atoms with Crippen molar-refractivity contribution < 1.29 is 4.39 Å². The monoisotopic (exact) mass is 302 g/mol. The molecule has 2 aliphatic heterocycles. The Labute approximate surface area is 124 Å². The Bertz CT molecular complexity index is 788. The molecular weight excluding hydrogens is 291 g/mol. The van der Waals surface area contributed by atoms with Crippen molar-refractivity contribution in [1.29, 1.82) is 0 Å². The fourth-order valence-corrected chi connectivity index (χ4v) is 4.75. The number of benzene rings is 1. The molecule has 0 bridgehead atoms. The first-order valence-corrected chi connectivity index (χ1v) is 7.95. The topological polar surface area (TPSA) is 15.6 Å². The Kier molecular flexibility index (Phi) is 2.72. The highest BCUT2D eigenvalue weighted by Gasteiger charge is 2.32. The van der Waals surface area contributed by atoms with Gasteiger partial charge in [0, 0.05) is 16.1 Å². The van der Waals surface area contributed by atoms with Crippen molar-refractivity contribution in [3.05, 3.63) is 52.5 Å². The molecule has 0 radical (unpaired) electrons. The number of thiophene rings is 1. The predicted molar refractivity (Wildman–Crippen MR) is 85.5 cm³/mol. The lowest BCUT2D eigenvalue weighted by atomic mass is 10.2. The zero-order valence-corrected chi connectivity index (χ0v) is 12.2. The molecule has 0 saturated carbocycles. The van der Waals surface area contributed by atoms with Crippen LogP contribution in [0.4, 0.5) is 4.39 Å². The van der Waals surface area contributed by atoms with Gasteiger partial charge in [-0.15, -0.1) is 11.3 Å². The second-order valence-electron chi connectivity index (χ2n) is 4.63. The van der Waals surface area contributed by atoms with Crippen LogP contribution in [0.15, 0.2) is 46.8 Å². The van der Waals surface area contributed by atoms with Crippen LogP contribution in [0, 0.1) is 5.82 Å². The molecule has 0 saturated heterocycles. The Hall–Kier alpha value is -1.59. The first-order chi connectivity index (χ1) is 9.76. The molecule has 2 aliphatic rings. The predicted octanol–water partition coefficient (Wildman–Crippen LogP) is 4.31. The van der Waals surface area contributed by atoms with Crippen LogP contribution in [0.25, 0.3) is 15.8 Å². The van der Waals surface area contributed by atoms with Gasteiger partial charge in [-0.3, -0.25) is 4.99 Å². The maximum Gasteiger partial charge on any atom is 0.168 e. The van der Waals surface area contributed by atoms with Crippen LogP contribution in [0.5, 0.6) is 0 Å². The minimum Gasteiger partial charge on any atom is -0.317 e. The number of aliphatic imine (C=N–C) groups is 1. The van der Waals surface area contributed by atoms with E-state index in [0.29, 0.717) is 0 Å². The number of amidine groups is 1. The highest BCUT2D eigenvalue weighted by Crippen LogP contribution is 2.45. The lowest BCUT2D eigenvalue weighted by molar-refractivity contribution is 0.630. The molecule has 0 spiro atoms. The maximum atomic E-state index is 13.3. The fraction of sp³-hybridized carbons (Fsp3) is 0.133. The van der Waals surface area contributed by atoms with Crippen LogP contribution in [0.2, 0.25) is 0 Å². The summed E-state index contributed by atoms with van der Waals surface area (Å²) >= 11 is 3.36. The van der Waals surface area contributed by atoms with E-state index in [-0.39, 0.29) is 5.82 Å². The van der Waals surface area contributed by atoms with E-state index in [0.717, 1.165) is 38.1 Å².